The van der Waals surface area contributed by atoms with E-state index in [0.717, 1.165) is 12.8 Å². The van der Waals surface area contributed by atoms with Crippen molar-refractivity contribution in [3.05, 3.63) is 42.5 Å². The van der Waals surface area contributed by atoms with Gasteiger partial charge in [-0.1, -0.05) is 6.42 Å². The second-order valence-electron chi connectivity index (χ2n) is 5.26. The van der Waals surface area contributed by atoms with Gasteiger partial charge in [0.05, 0.1) is 14.8 Å². The van der Waals surface area contributed by atoms with E-state index >= 15 is 0 Å². The van der Waals surface area contributed by atoms with Crippen molar-refractivity contribution in [3.63, 3.8) is 0 Å². The number of nitro benzene ring substituents is 3. The molecule has 1 rings (SSSR count). The van der Waals surface area contributed by atoms with Crippen LogP contribution >= 0.6 is 0 Å². The number of aliphatic carboxylic acids is 1. The van der Waals surface area contributed by atoms with Gasteiger partial charge in [0.25, 0.3) is 0 Å². The number of carboxylic acids is 1. The summed E-state index contributed by atoms with van der Waals surface area (Å²) in [5, 5.41) is 40.2. The lowest BCUT2D eigenvalue weighted by Gasteiger charge is -2.03. The molecule has 1 aromatic rings. The van der Waals surface area contributed by atoms with Gasteiger partial charge < -0.3 is 16.6 Å². The highest BCUT2D eigenvalue weighted by Gasteiger charge is 2.42. The zero-order chi connectivity index (χ0) is 22.9. The summed E-state index contributed by atoms with van der Waals surface area (Å²) in [7, 11) is -5.15. The summed E-state index contributed by atoms with van der Waals surface area (Å²) in [6.45, 7) is 0.604. The minimum absolute atomic E-state index is 0.346. The van der Waals surface area contributed by atoms with Crippen LogP contribution in [0.2, 0.25) is 0 Å². The number of unbranched alkanes of at least 4 members (excludes halogenated alkanes) is 1. The normalized spacial score (nSPS) is 11.7. The van der Waals surface area contributed by atoms with Crippen molar-refractivity contribution >= 4 is 33.1 Å². The highest BCUT2D eigenvalue weighted by molar-refractivity contribution is 7.86. The molecular weight excluding hydrogens is 422 g/mol. The minimum Gasteiger partial charge on any atom is -0.480 e. The van der Waals surface area contributed by atoms with Gasteiger partial charge in [0.2, 0.25) is 0 Å². The monoisotopic (exact) mass is 439 g/mol. The van der Waals surface area contributed by atoms with Crippen LogP contribution in [0.4, 0.5) is 17.1 Å². The largest absolute Gasteiger partial charge is 0.480 e. The smallest absolute Gasteiger partial charge is 0.423 e. The lowest BCUT2D eigenvalue weighted by atomic mass is 10.1. The van der Waals surface area contributed by atoms with Crippen LogP contribution in [0.15, 0.2) is 17.0 Å². The van der Waals surface area contributed by atoms with Crippen molar-refractivity contribution in [2.45, 2.75) is 30.2 Å². The molecule has 17 heteroatoms. The Balaban J connectivity index is 0.000000665. The van der Waals surface area contributed by atoms with Crippen molar-refractivity contribution in [3.8, 4) is 0 Å². The summed E-state index contributed by atoms with van der Waals surface area (Å²) in [5.41, 5.74) is 5.87. The Labute approximate surface area is 162 Å². The van der Waals surface area contributed by atoms with Crippen molar-refractivity contribution < 1.29 is 37.6 Å². The third-order valence-electron chi connectivity index (χ3n) is 3.22. The molecule has 0 unspecified atom stereocenters. The third kappa shape index (κ3) is 7.70. The summed E-state index contributed by atoms with van der Waals surface area (Å²) in [6.07, 6.45) is 2.16. The van der Waals surface area contributed by atoms with Gasteiger partial charge in [0.15, 0.2) is 4.90 Å². The molecule has 1 atom stereocenters. The SMILES string of the molecule is NCCCC[C@H](N)C(=O)O.O=[N+]([O-])c1ccc(S(=O)(=O)O)c([N+](=O)[O-])c1[N+](=O)[O-]. The molecule has 0 saturated carbocycles. The summed E-state index contributed by atoms with van der Waals surface area (Å²) in [4.78, 5) is 36.4. The molecule has 0 amide bonds. The molecule has 0 saturated heterocycles. The van der Waals surface area contributed by atoms with E-state index in [1.54, 1.807) is 0 Å². The zero-order valence-electron chi connectivity index (χ0n) is 14.5. The van der Waals surface area contributed by atoms with Crippen LogP contribution in [-0.4, -0.2) is 51.4 Å². The first kappa shape index (κ1) is 25.7. The maximum Gasteiger partial charge on any atom is 0.423 e. The predicted octanol–water partition coefficient (Wildman–Crippen LogP) is 0.185. The summed E-state index contributed by atoms with van der Waals surface area (Å²) in [6, 6.07) is 0.0128. The number of nitrogens with zero attached hydrogens (tertiary/aromatic N) is 3. The van der Waals surface area contributed by atoms with E-state index in [-0.39, 0.29) is 0 Å². The molecule has 29 heavy (non-hydrogen) atoms. The fourth-order valence-corrected chi connectivity index (χ4v) is 2.55. The number of benzene rings is 1. The topological polar surface area (TPSA) is 273 Å². The Morgan fingerprint density at radius 3 is 1.90 bits per heavy atom. The highest BCUT2D eigenvalue weighted by Crippen LogP contribution is 2.40. The molecule has 0 bridgehead atoms. The van der Waals surface area contributed by atoms with E-state index in [0.29, 0.717) is 25.1 Å². The number of nitrogens with two attached hydrogens (primary N) is 2. The van der Waals surface area contributed by atoms with Gasteiger partial charge in [-0.25, -0.2) is 0 Å². The first-order valence-corrected chi connectivity index (χ1v) is 8.95. The predicted molar refractivity (Wildman–Crippen MR) is 94.7 cm³/mol. The number of hydrogen-bond acceptors (Lipinski definition) is 11. The van der Waals surface area contributed by atoms with Gasteiger partial charge in [-0.3, -0.25) is 39.7 Å². The molecule has 0 aromatic heterocycles. The molecule has 0 aliphatic rings. The van der Waals surface area contributed by atoms with Gasteiger partial charge >= 0.3 is 33.1 Å². The van der Waals surface area contributed by atoms with Gasteiger partial charge in [0, 0.05) is 6.07 Å². The fraction of sp³-hybridized carbons (Fsp3) is 0.417. The standard InChI is InChI=1S/C6H3N3O9S.C6H14N2O2/c10-7(11)3-1-2-4(19(16,17)18)6(9(14)15)5(3)8(12)13;7-4-2-1-3-5(8)6(9)10/h1-2H,(H,16,17,18);5H,1-4,7-8H2,(H,9,10)/t;5-/m.0/s1. The molecule has 162 valence electrons. The van der Waals surface area contributed by atoms with Crippen molar-refractivity contribution in [2.75, 3.05) is 6.54 Å². The van der Waals surface area contributed by atoms with Crippen LogP contribution in [0.1, 0.15) is 19.3 Å². The van der Waals surface area contributed by atoms with Crippen molar-refractivity contribution in [2.24, 2.45) is 11.5 Å². The maximum atomic E-state index is 10.9. The summed E-state index contributed by atoms with van der Waals surface area (Å²) >= 11 is 0. The average Bonchev–Trinajstić information content (AvgIpc) is 2.59. The van der Waals surface area contributed by atoms with Gasteiger partial charge in [-0.05, 0) is 25.5 Å². The zero-order valence-corrected chi connectivity index (χ0v) is 15.4. The van der Waals surface area contributed by atoms with Crippen molar-refractivity contribution in [1.82, 2.24) is 0 Å². The van der Waals surface area contributed by atoms with E-state index in [4.69, 9.17) is 21.1 Å². The Kier molecular flexibility index (Phi) is 9.67. The molecule has 0 aliphatic heterocycles. The molecule has 0 fully saturated rings. The van der Waals surface area contributed by atoms with Crippen LogP contribution in [0.25, 0.3) is 0 Å². The lowest BCUT2D eigenvalue weighted by molar-refractivity contribution is -0.442. The Morgan fingerprint density at radius 1 is 1.03 bits per heavy atom. The third-order valence-corrected chi connectivity index (χ3v) is 4.10. The van der Waals surface area contributed by atoms with Crippen LogP contribution in [0, 0.1) is 30.3 Å². The highest BCUT2D eigenvalue weighted by atomic mass is 32.2. The molecular formula is C12H17N5O11S. The molecule has 0 spiro atoms. The van der Waals surface area contributed by atoms with Gasteiger partial charge in [0.1, 0.15) is 6.04 Å². The first-order valence-electron chi connectivity index (χ1n) is 7.51. The molecule has 0 aliphatic carbocycles. The van der Waals surface area contributed by atoms with E-state index in [2.05, 4.69) is 0 Å². The van der Waals surface area contributed by atoms with Crippen LogP contribution < -0.4 is 11.5 Å². The molecule has 6 N–H and O–H groups in total. The van der Waals surface area contributed by atoms with E-state index in [1.807, 2.05) is 0 Å². The summed E-state index contributed by atoms with van der Waals surface area (Å²) < 4.78 is 30.5. The quantitative estimate of drug-likeness (QED) is 0.173. The number of carbonyl (C=O) groups is 1. The number of carboxylic acid groups (broad SMARTS) is 1. The van der Waals surface area contributed by atoms with Crippen LogP contribution in [0.3, 0.4) is 0 Å². The number of nitro groups is 3. The minimum atomic E-state index is -5.15. The fourth-order valence-electron chi connectivity index (χ4n) is 1.89. The van der Waals surface area contributed by atoms with E-state index < -0.39 is 58.9 Å². The molecule has 16 nitrogen and oxygen atoms in total. The second-order valence-corrected chi connectivity index (χ2v) is 6.65. The molecule has 0 radical (unpaired) electrons. The van der Waals surface area contributed by atoms with E-state index in [9.17, 15) is 43.6 Å². The number of hydrogen-bond donors (Lipinski definition) is 4. The average molecular weight is 439 g/mol. The van der Waals surface area contributed by atoms with Gasteiger partial charge in [-0.2, -0.15) is 8.42 Å². The van der Waals surface area contributed by atoms with Crippen molar-refractivity contribution in [1.29, 1.82) is 0 Å². The Morgan fingerprint density at radius 2 is 1.55 bits per heavy atom. The number of rotatable bonds is 9. The van der Waals surface area contributed by atoms with Gasteiger partial charge in [-0.15, -0.1) is 0 Å². The Hall–Kier alpha value is -3.28. The maximum absolute atomic E-state index is 10.9. The lowest BCUT2D eigenvalue weighted by Crippen LogP contribution is -2.29. The molecule has 1 aromatic carbocycles. The van der Waals surface area contributed by atoms with Crippen LogP contribution in [0.5, 0.6) is 0 Å². The Bertz CT molecular complexity index is 902. The summed E-state index contributed by atoms with van der Waals surface area (Å²) in [5.74, 6) is -0.933. The second kappa shape index (κ2) is 10.9. The van der Waals surface area contributed by atoms with E-state index in [1.165, 1.54) is 0 Å². The first-order chi connectivity index (χ1) is 13.3. The van der Waals surface area contributed by atoms with Crippen LogP contribution in [-0.2, 0) is 14.9 Å². The molecule has 0 heterocycles.